The molecule has 0 bridgehead atoms. The largest absolute Gasteiger partial charge is 0.433 e. The normalized spacial score (nSPS) is 13.4. The number of hydrogen-bond donors (Lipinski definition) is 2. The molecule has 102 valence electrons. The SMILES string of the molecule is CC(CCO)CNc1cc(C(F)(F)F)nc(Cl)n1. The van der Waals surface area contributed by atoms with Crippen LogP contribution >= 0.6 is 11.6 Å². The number of rotatable bonds is 5. The van der Waals surface area contributed by atoms with Gasteiger partial charge in [-0.2, -0.15) is 13.2 Å². The maximum Gasteiger partial charge on any atom is 0.433 e. The van der Waals surface area contributed by atoms with Crippen LogP contribution in [0.1, 0.15) is 19.0 Å². The van der Waals surface area contributed by atoms with E-state index < -0.39 is 17.2 Å². The molecule has 1 aromatic heterocycles. The van der Waals surface area contributed by atoms with Gasteiger partial charge < -0.3 is 10.4 Å². The zero-order chi connectivity index (χ0) is 13.8. The molecule has 1 atom stereocenters. The van der Waals surface area contributed by atoms with Crippen molar-refractivity contribution >= 4 is 17.4 Å². The highest BCUT2D eigenvalue weighted by molar-refractivity contribution is 6.28. The summed E-state index contributed by atoms with van der Waals surface area (Å²) in [5.74, 6) is 0.130. The van der Waals surface area contributed by atoms with Crippen LogP contribution in [0.25, 0.3) is 0 Å². The molecule has 0 aliphatic carbocycles. The number of nitrogens with zero attached hydrogens (tertiary/aromatic N) is 2. The summed E-state index contributed by atoms with van der Waals surface area (Å²) < 4.78 is 37.4. The van der Waals surface area contributed by atoms with Gasteiger partial charge in [0.1, 0.15) is 5.82 Å². The van der Waals surface area contributed by atoms with Crippen LogP contribution in [-0.4, -0.2) is 28.2 Å². The Hall–Kier alpha value is -1.08. The minimum Gasteiger partial charge on any atom is -0.396 e. The van der Waals surface area contributed by atoms with Crippen LogP contribution in [0.2, 0.25) is 5.28 Å². The fourth-order valence-electron chi connectivity index (χ4n) is 1.25. The van der Waals surface area contributed by atoms with Gasteiger partial charge in [0.05, 0.1) is 0 Å². The quantitative estimate of drug-likeness (QED) is 0.816. The van der Waals surface area contributed by atoms with Gasteiger partial charge in [-0.3, -0.25) is 0 Å². The van der Waals surface area contributed by atoms with Crippen molar-refractivity contribution < 1.29 is 18.3 Å². The number of aliphatic hydroxyl groups is 1. The molecule has 1 rings (SSSR count). The predicted molar refractivity (Wildman–Crippen MR) is 61.4 cm³/mol. The molecule has 0 saturated carbocycles. The second kappa shape index (κ2) is 6.19. The molecule has 8 heteroatoms. The topological polar surface area (TPSA) is 58.0 Å². The Balaban J connectivity index is 2.75. The molecule has 0 saturated heterocycles. The monoisotopic (exact) mass is 283 g/mol. The molecule has 0 radical (unpaired) electrons. The fraction of sp³-hybridized carbons (Fsp3) is 0.600. The Morgan fingerprint density at radius 1 is 1.44 bits per heavy atom. The summed E-state index contributed by atoms with van der Waals surface area (Å²) in [7, 11) is 0. The molecule has 2 N–H and O–H groups in total. The van der Waals surface area contributed by atoms with Crippen LogP contribution in [0.4, 0.5) is 19.0 Å². The van der Waals surface area contributed by atoms with Crippen LogP contribution in [0.15, 0.2) is 6.07 Å². The number of aliphatic hydroxyl groups excluding tert-OH is 1. The molecular formula is C10H13ClF3N3O. The molecule has 1 aromatic rings. The van der Waals surface area contributed by atoms with E-state index in [1.54, 1.807) is 0 Å². The molecule has 0 aliphatic heterocycles. The van der Waals surface area contributed by atoms with E-state index in [0.717, 1.165) is 6.07 Å². The zero-order valence-corrected chi connectivity index (χ0v) is 10.4. The first-order valence-corrected chi connectivity index (χ1v) is 5.67. The minimum absolute atomic E-state index is 0.0205. The highest BCUT2D eigenvalue weighted by Gasteiger charge is 2.33. The van der Waals surface area contributed by atoms with Gasteiger partial charge in [-0.1, -0.05) is 6.92 Å². The van der Waals surface area contributed by atoms with E-state index in [-0.39, 0.29) is 18.3 Å². The van der Waals surface area contributed by atoms with E-state index in [1.807, 2.05) is 6.92 Å². The summed E-state index contributed by atoms with van der Waals surface area (Å²) >= 11 is 5.43. The van der Waals surface area contributed by atoms with Gasteiger partial charge in [-0.05, 0) is 23.9 Å². The second-order valence-electron chi connectivity index (χ2n) is 3.90. The Bertz CT molecular complexity index is 400. The summed E-state index contributed by atoms with van der Waals surface area (Å²) in [6.07, 6.45) is -4.00. The summed E-state index contributed by atoms with van der Waals surface area (Å²) in [4.78, 5) is 6.78. The lowest BCUT2D eigenvalue weighted by Crippen LogP contribution is -2.15. The number of hydrogen-bond acceptors (Lipinski definition) is 4. The Morgan fingerprint density at radius 2 is 2.11 bits per heavy atom. The smallest absolute Gasteiger partial charge is 0.396 e. The number of halogens is 4. The van der Waals surface area contributed by atoms with Crippen LogP contribution in [0.5, 0.6) is 0 Å². The van der Waals surface area contributed by atoms with Crippen molar-refractivity contribution in [2.45, 2.75) is 19.5 Å². The average Bonchev–Trinajstić information content (AvgIpc) is 2.25. The number of aromatic nitrogens is 2. The van der Waals surface area contributed by atoms with Gasteiger partial charge in [0, 0.05) is 19.2 Å². The van der Waals surface area contributed by atoms with Gasteiger partial charge in [0.25, 0.3) is 0 Å². The van der Waals surface area contributed by atoms with Gasteiger partial charge in [0.2, 0.25) is 5.28 Å². The van der Waals surface area contributed by atoms with Gasteiger partial charge in [0.15, 0.2) is 5.69 Å². The lowest BCUT2D eigenvalue weighted by atomic mass is 10.1. The summed E-state index contributed by atoms with van der Waals surface area (Å²) in [5, 5.41) is 11.0. The average molecular weight is 284 g/mol. The molecule has 0 amide bonds. The number of anilines is 1. The predicted octanol–water partition coefficient (Wildman–Crippen LogP) is 2.58. The molecule has 0 fully saturated rings. The van der Waals surface area contributed by atoms with E-state index in [0.29, 0.717) is 13.0 Å². The Labute approximate surface area is 107 Å². The van der Waals surface area contributed by atoms with E-state index >= 15 is 0 Å². The Kier molecular flexibility index (Phi) is 5.15. The standard InChI is InChI=1S/C10H13ClF3N3O/c1-6(2-3-18)5-15-8-4-7(10(12,13)14)16-9(11)17-8/h4,6,18H,2-3,5H2,1H3,(H,15,16,17). The van der Waals surface area contributed by atoms with Gasteiger partial charge >= 0.3 is 6.18 Å². The van der Waals surface area contributed by atoms with Crippen LogP contribution < -0.4 is 5.32 Å². The van der Waals surface area contributed by atoms with Gasteiger partial charge in [-0.15, -0.1) is 0 Å². The van der Waals surface area contributed by atoms with Gasteiger partial charge in [-0.25, -0.2) is 9.97 Å². The summed E-state index contributed by atoms with van der Waals surface area (Å²) in [6.45, 7) is 2.28. The van der Waals surface area contributed by atoms with Crippen molar-refractivity contribution in [2.75, 3.05) is 18.5 Å². The first-order chi connectivity index (χ1) is 8.32. The third-order valence-corrected chi connectivity index (χ3v) is 2.41. The third-order valence-electron chi connectivity index (χ3n) is 2.24. The summed E-state index contributed by atoms with van der Waals surface area (Å²) in [6, 6.07) is 0.803. The molecule has 0 spiro atoms. The molecule has 0 aromatic carbocycles. The lowest BCUT2D eigenvalue weighted by molar-refractivity contribution is -0.141. The van der Waals surface area contributed by atoms with Crippen molar-refractivity contribution in [3.63, 3.8) is 0 Å². The maximum atomic E-state index is 12.5. The molecular weight excluding hydrogens is 271 g/mol. The summed E-state index contributed by atoms with van der Waals surface area (Å²) in [5.41, 5.74) is -1.08. The van der Waals surface area contributed by atoms with Crippen LogP contribution in [0, 0.1) is 5.92 Å². The minimum atomic E-state index is -4.56. The molecule has 0 aliphatic rings. The highest BCUT2D eigenvalue weighted by atomic mass is 35.5. The first kappa shape index (κ1) is 15.0. The van der Waals surface area contributed by atoms with Crippen molar-refractivity contribution in [2.24, 2.45) is 5.92 Å². The second-order valence-corrected chi connectivity index (χ2v) is 4.24. The van der Waals surface area contributed by atoms with Crippen molar-refractivity contribution in [1.29, 1.82) is 0 Å². The van der Waals surface area contributed by atoms with E-state index in [9.17, 15) is 13.2 Å². The zero-order valence-electron chi connectivity index (χ0n) is 9.63. The lowest BCUT2D eigenvalue weighted by Gasteiger charge is -2.13. The van der Waals surface area contributed by atoms with Crippen LogP contribution in [-0.2, 0) is 6.18 Å². The van der Waals surface area contributed by atoms with Crippen molar-refractivity contribution in [1.82, 2.24) is 9.97 Å². The number of alkyl halides is 3. The first-order valence-electron chi connectivity index (χ1n) is 5.29. The molecule has 1 heterocycles. The third kappa shape index (κ3) is 4.66. The molecule has 4 nitrogen and oxygen atoms in total. The molecule has 1 unspecified atom stereocenters. The number of nitrogens with one attached hydrogen (secondary N) is 1. The maximum absolute atomic E-state index is 12.5. The Morgan fingerprint density at radius 3 is 2.67 bits per heavy atom. The fourth-order valence-corrected chi connectivity index (χ4v) is 1.44. The van der Waals surface area contributed by atoms with E-state index in [1.165, 1.54) is 0 Å². The van der Waals surface area contributed by atoms with E-state index in [4.69, 9.17) is 16.7 Å². The molecule has 18 heavy (non-hydrogen) atoms. The van der Waals surface area contributed by atoms with E-state index in [2.05, 4.69) is 15.3 Å². The highest BCUT2D eigenvalue weighted by Crippen LogP contribution is 2.29. The van der Waals surface area contributed by atoms with Crippen LogP contribution in [0.3, 0.4) is 0 Å². The van der Waals surface area contributed by atoms with Crippen molar-refractivity contribution in [3.05, 3.63) is 17.0 Å². The van der Waals surface area contributed by atoms with Crippen molar-refractivity contribution in [3.8, 4) is 0 Å².